The molecule has 204 valence electrons. The molecule has 0 aliphatic rings. The number of urea groups is 1. The van der Waals surface area contributed by atoms with Crippen molar-refractivity contribution in [1.82, 2.24) is 20.9 Å². The molecule has 0 radical (unpaired) electrons. The largest absolute Gasteiger partial charge is 0.497 e. The molecule has 14 heteroatoms. The molecule has 39 heavy (non-hydrogen) atoms. The van der Waals surface area contributed by atoms with Crippen LogP contribution in [-0.4, -0.2) is 59.5 Å². The fraction of sp³-hybridized carbons (Fsp3) is 0.200. The van der Waals surface area contributed by atoms with E-state index in [1.165, 1.54) is 18.6 Å². The minimum absolute atomic E-state index is 0.0380. The number of thiazole rings is 1. The number of carbonyl (C=O) groups is 5. The fourth-order valence-electron chi connectivity index (χ4n) is 3.17. The summed E-state index contributed by atoms with van der Waals surface area (Å²) in [5.41, 5.74) is 1.22. The molecule has 0 bridgehead atoms. The van der Waals surface area contributed by atoms with Gasteiger partial charge in [0.2, 0.25) is 11.8 Å². The Hall–Kier alpha value is -4.98. The van der Waals surface area contributed by atoms with Gasteiger partial charge in [0.05, 0.1) is 20.1 Å². The number of carbonyl (C=O) groups excluding carboxylic acids is 4. The number of methoxy groups -OCH3 is 1. The molecular weight excluding hydrogens is 528 g/mol. The molecule has 1 heterocycles. The van der Waals surface area contributed by atoms with Crippen LogP contribution in [0.3, 0.4) is 0 Å². The Morgan fingerprint density at radius 2 is 1.77 bits per heavy atom. The lowest BCUT2D eigenvalue weighted by atomic mass is 10.1. The summed E-state index contributed by atoms with van der Waals surface area (Å²) in [7, 11) is 1.45. The number of hydrogen-bond donors (Lipinski definition) is 6. The van der Waals surface area contributed by atoms with Crippen molar-refractivity contribution in [3.63, 3.8) is 0 Å². The van der Waals surface area contributed by atoms with Crippen LogP contribution in [0.5, 0.6) is 5.75 Å². The monoisotopic (exact) mass is 554 g/mol. The number of benzene rings is 2. The summed E-state index contributed by atoms with van der Waals surface area (Å²) in [5.74, 6) is -3.08. The number of carboxylic acid groups (broad SMARTS) is 1. The SMILES string of the molecule is COc1cccc(NC(=O)C(CC(=O)O)NC(=O)CNC(=O)c2csc(NC(=O)NCc3ccccc3)n2)c1. The van der Waals surface area contributed by atoms with Gasteiger partial charge in [-0.1, -0.05) is 36.4 Å². The first-order valence-electron chi connectivity index (χ1n) is 11.5. The van der Waals surface area contributed by atoms with Crippen LogP contribution >= 0.6 is 11.3 Å². The summed E-state index contributed by atoms with van der Waals surface area (Å²) in [6.07, 6.45) is -0.678. The van der Waals surface area contributed by atoms with Gasteiger partial charge in [-0.15, -0.1) is 11.3 Å². The Balaban J connectivity index is 1.48. The Morgan fingerprint density at radius 1 is 1.00 bits per heavy atom. The second-order valence-corrected chi connectivity index (χ2v) is 8.81. The van der Waals surface area contributed by atoms with E-state index in [-0.39, 0.29) is 10.8 Å². The lowest BCUT2D eigenvalue weighted by molar-refractivity contribution is -0.139. The van der Waals surface area contributed by atoms with E-state index in [1.807, 2.05) is 30.3 Å². The quantitative estimate of drug-likeness (QED) is 0.195. The third kappa shape index (κ3) is 9.44. The Morgan fingerprint density at radius 3 is 2.49 bits per heavy atom. The second kappa shape index (κ2) is 14.1. The van der Waals surface area contributed by atoms with Crippen LogP contribution in [-0.2, 0) is 20.9 Å². The molecule has 0 fully saturated rings. The molecule has 2 aromatic carbocycles. The predicted octanol–water partition coefficient (Wildman–Crippen LogP) is 1.80. The maximum absolute atomic E-state index is 12.6. The van der Waals surface area contributed by atoms with E-state index < -0.39 is 48.7 Å². The standard InChI is InChI=1S/C25H26N6O7S/c1-38-17-9-5-8-16(10-17)28-23(36)18(11-21(33)34)29-20(32)13-26-22(35)19-14-39-25(30-19)31-24(37)27-12-15-6-3-2-4-7-15/h2-10,14,18H,11-13H2,1H3,(H,26,35)(H,28,36)(H,29,32)(H,33,34)(H2,27,30,31,37). The summed E-state index contributed by atoms with van der Waals surface area (Å²) in [4.78, 5) is 64.7. The molecular formula is C25H26N6O7S. The van der Waals surface area contributed by atoms with Gasteiger partial charge in [0, 0.05) is 23.7 Å². The van der Waals surface area contributed by atoms with E-state index in [1.54, 1.807) is 18.2 Å². The van der Waals surface area contributed by atoms with E-state index >= 15 is 0 Å². The average molecular weight is 555 g/mol. The number of aromatic nitrogens is 1. The Kier molecular flexibility index (Phi) is 10.3. The van der Waals surface area contributed by atoms with Gasteiger partial charge < -0.3 is 31.1 Å². The number of aliphatic carboxylic acids is 1. The molecule has 3 aromatic rings. The van der Waals surface area contributed by atoms with Crippen LogP contribution < -0.4 is 31.3 Å². The van der Waals surface area contributed by atoms with Gasteiger partial charge in [-0.2, -0.15) is 0 Å². The molecule has 1 unspecified atom stereocenters. The third-order valence-electron chi connectivity index (χ3n) is 5.03. The molecule has 1 aromatic heterocycles. The first kappa shape index (κ1) is 28.6. The number of carboxylic acids is 1. The van der Waals surface area contributed by atoms with Crippen molar-refractivity contribution < 1.29 is 33.8 Å². The topological polar surface area (TPSA) is 188 Å². The normalized spacial score (nSPS) is 11.0. The zero-order chi connectivity index (χ0) is 28.2. The summed E-state index contributed by atoms with van der Waals surface area (Å²) in [5, 5.41) is 23.1. The molecule has 0 aliphatic heterocycles. The molecule has 13 nitrogen and oxygen atoms in total. The number of ether oxygens (including phenoxy) is 1. The number of nitrogens with one attached hydrogen (secondary N) is 5. The molecule has 1 atom stereocenters. The van der Waals surface area contributed by atoms with Gasteiger partial charge in [-0.25, -0.2) is 9.78 Å². The van der Waals surface area contributed by atoms with Crippen LogP contribution in [0.1, 0.15) is 22.5 Å². The minimum atomic E-state index is -1.40. The Bertz CT molecular complexity index is 1330. The summed E-state index contributed by atoms with van der Waals surface area (Å²) in [6, 6.07) is 13.8. The number of nitrogens with zero attached hydrogens (tertiary/aromatic N) is 1. The minimum Gasteiger partial charge on any atom is -0.497 e. The zero-order valence-corrected chi connectivity index (χ0v) is 21.5. The number of amides is 5. The fourth-order valence-corrected chi connectivity index (χ4v) is 3.85. The zero-order valence-electron chi connectivity index (χ0n) is 20.7. The van der Waals surface area contributed by atoms with Gasteiger partial charge in [-0.3, -0.25) is 24.5 Å². The van der Waals surface area contributed by atoms with Crippen LogP contribution in [0.15, 0.2) is 60.0 Å². The molecule has 3 rings (SSSR count). The van der Waals surface area contributed by atoms with Gasteiger partial charge >= 0.3 is 12.0 Å². The smallest absolute Gasteiger partial charge is 0.321 e. The van der Waals surface area contributed by atoms with Gasteiger partial charge in [-0.05, 0) is 17.7 Å². The van der Waals surface area contributed by atoms with Crippen molar-refractivity contribution >= 4 is 51.9 Å². The maximum atomic E-state index is 12.6. The van der Waals surface area contributed by atoms with E-state index in [0.717, 1.165) is 16.9 Å². The highest BCUT2D eigenvalue weighted by molar-refractivity contribution is 7.14. The molecule has 0 saturated heterocycles. The van der Waals surface area contributed by atoms with Crippen molar-refractivity contribution in [2.75, 3.05) is 24.3 Å². The van der Waals surface area contributed by atoms with Crippen LogP contribution in [0.4, 0.5) is 15.6 Å². The van der Waals surface area contributed by atoms with Crippen molar-refractivity contribution in [3.05, 3.63) is 71.2 Å². The van der Waals surface area contributed by atoms with Gasteiger partial charge in [0.1, 0.15) is 17.5 Å². The summed E-state index contributed by atoms with van der Waals surface area (Å²) in [6.45, 7) is -0.236. The summed E-state index contributed by atoms with van der Waals surface area (Å²) >= 11 is 1.02. The lowest BCUT2D eigenvalue weighted by Gasteiger charge is -2.17. The lowest BCUT2D eigenvalue weighted by Crippen LogP contribution is -2.48. The predicted molar refractivity (Wildman–Crippen MR) is 143 cm³/mol. The third-order valence-corrected chi connectivity index (χ3v) is 5.79. The highest BCUT2D eigenvalue weighted by atomic mass is 32.1. The number of anilines is 2. The van der Waals surface area contributed by atoms with Gasteiger partial charge in [0.15, 0.2) is 5.13 Å². The van der Waals surface area contributed by atoms with Crippen LogP contribution in [0.2, 0.25) is 0 Å². The van der Waals surface area contributed by atoms with Crippen molar-refractivity contribution in [1.29, 1.82) is 0 Å². The summed E-state index contributed by atoms with van der Waals surface area (Å²) < 4.78 is 5.08. The molecule has 0 spiro atoms. The van der Waals surface area contributed by atoms with Gasteiger partial charge in [0.25, 0.3) is 5.91 Å². The van der Waals surface area contributed by atoms with E-state index in [4.69, 9.17) is 9.84 Å². The first-order chi connectivity index (χ1) is 18.7. The molecule has 5 amide bonds. The Labute approximate surface area is 227 Å². The highest BCUT2D eigenvalue weighted by Crippen LogP contribution is 2.17. The van der Waals surface area contributed by atoms with E-state index in [2.05, 4.69) is 31.6 Å². The van der Waals surface area contributed by atoms with Crippen LogP contribution in [0.25, 0.3) is 0 Å². The molecule has 0 saturated carbocycles. The van der Waals surface area contributed by atoms with Crippen LogP contribution in [0, 0.1) is 0 Å². The maximum Gasteiger partial charge on any atom is 0.321 e. The van der Waals surface area contributed by atoms with Crippen molar-refractivity contribution in [2.24, 2.45) is 0 Å². The first-order valence-corrected chi connectivity index (χ1v) is 12.4. The number of hydrogen-bond acceptors (Lipinski definition) is 8. The molecule has 0 aliphatic carbocycles. The highest BCUT2D eigenvalue weighted by Gasteiger charge is 2.24. The number of rotatable bonds is 12. The van der Waals surface area contributed by atoms with Crippen molar-refractivity contribution in [3.8, 4) is 5.75 Å². The second-order valence-electron chi connectivity index (χ2n) is 7.95. The van der Waals surface area contributed by atoms with E-state index in [9.17, 15) is 24.0 Å². The van der Waals surface area contributed by atoms with E-state index in [0.29, 0.717) is 18.0 Å². The van der Waals surface area contributed by atoms with Crippen molar-refractivity contribution in [2.45, 2.75) is 19.0 Å². The molecule has 6 N–H and O–H groups in total. The average Bonchev–Trinajstić information content (AvgIpc) is 3.39.